The molecule has 3 aromatic carbocycles. The van der Waals surface area contributed by atoms with Crippen LogP contribution in [-0.4, -0.2) is 20.8 Å². The molecule has 4 heteroatoms. The quantitative estimate of drug-likeness (QED) is 0.542. The van der Waals surface area contributed by atoms with Gasteiger partial charge in [-0.05, 0) is 11.5 Å². The van der Waals surface area contributed by atoms with Gasteiger partial charge in [-0.15, -0.1) is 5.10 Å². The highest BCUT2D eigenvalue weighted by Crippen LogP contribution is 2.23. The van der Waals surface area contributed by atoms with Crippen LogP contribution in [0.15, 0.2) is 79.0 Å². The minimum Gasteiger partial charge on any atom is -0.287 e. The maximum atomic E-state index is 12.7. The van der Waals surface area contributed by atoms with Gasteiger partial charge in [-0.1, -0.05) is 71.9 Å². The average Bonchev–Trinajstić information content (AvgIpc) is 3.11. The zero-order valence-electron chi connectivity index (χ0n) is 12.3. The Morgan fingerprint density at radius 2 is 1.57 bits per heavy atom. The van der Waals surface area contributed by atoms with Crippen molar-refractivity contribution in [2.24, 2.45) is 0 Å². The highest BCUT2D eigenvalue weighted by Gasteiger charge is 2.17. The maximum absolute atomic E-state index is 12.7. The molecule has 1 heterocycles. The molecular weight excluding hydrogens is 286 g/mol. The van der Waals surface area contributed by atoms with E-state index in [0.717, 1.165) is 16.5 Å². The molecule has 0 radical (unpaired) electrons. The van der Waals surface area contributed by atoms with Crippen molar-refractivity contribution in [2.45, 2.75) is 0 Å². The van der Waals surface area contributed by atoms with Crippen LogP contribution in [0, 0.1) is 0 Å². The standard InChI is InChI=1S/C19H13N3O/c23-19(15-8-2-1-3-9-15)18-13-20-21-22(18)17-12-6-10-14-7-4-5-11-16(14)17/h1-13H. The molecule has 0 amide bonds. The van der Waals surface area contributed by atoms with E-state index < -0.39 is 0 Å². The number of benzene rings is 3. The van der Waals surface area contributed by atoms with Crippen molar-refractivity contribution >= 4 is 16.6 Å². The Labute approximate surface area is 133 Å². The summed E-state index contributed by atoms with van der Waals surface area (Å²) in [7, 11) is 0. The van der Waals surface area contributed by atoms with Crippen LogP contribution < -0.4 is 0 Å². The Morgan fingerprint density at radius 3 is 2.43 bits per heavy atom. The minimum atomic E-state index is -0.0939. The van der Waals surface area contributed by atoms with Crippen molar-refractivity contribution in [3.63, 3.8) is 0 Å². The minimum absolute atomic E-state index is 0.0939. The molecule has 110 valence electrons. The number of rotatable bonds is 3. The monoisotopic (exact) mass is 299 g/mol. The lowest BCUT2D eigenvalue weighted by Gasteiger charge is -2.09. The Kier molecular flexibility index (Phi) is 3.20. The fourth-order valence-corrected chi connectivity index (χ4v) is 2.70. The first kappa shape index (κ1) is 13.4. The van der Waals surface area contributed by atoms with Gasteiger partial charge >= 0.3 is 0 Å². The molecule has 0 aliphatic heterocycles. The first-order valence-electron chi connectivity index (χ1n) is 7.33. The van der Waals surface area contributed by atoms with Crippen molar-refractivity contribution in [3.05, 3.63) is 90.3 Å². The van der Waals surface area contributed by atoms with Crippen LogP contribution in [0.25, 0.3) is 16.5 Å². The van der Waals surface area contributed by atoms with E-state index in [0.29, 0.717) is 11.3 Å². The zero-order chi connectivity index (χ0) is 15.6. The van der Waals surface area contributed by atoms with Crippen molar-refractivity contribution in [1.82, 2.24) is 15.0 Å². The Hall–Kier alpha value is -3.27. The SMILES string of the molecule is O=C(c1ccccc1)c1cnnn1-c1cccc2ccccc12. The summed E-state index contributed by atoms with van der Waals surface area (Å²) in [5, 5.41) is 10.2. The van der Waals surface area contributed by atoms with Crippen molar-refractivity contribution < 1.29 is 4.79 Å². The second-order valence-corrected chi connectivity index (χ2v) is 5.22. The molecule has 0 spiro atoms. The normalized spacial score (nSPS) is 10.8. The molecule has 0 atom stereocenters. The summed E-state index contributed by atoms with van der Waals surface area (Å²) in [6.45, 7) is 0. The lowest BCUT2D eigenvalue weighted by Crippen LogP contribution is -2.10. The number of carbonyl (C=O) groups is 1. The third-order valence-electron chi connectivity index (χ3n) is 3.81. The van der Waals surface area contributed by atoms with Crippen LogP contribution in [0.2, 0.25) is 0 Å². The predicted octanol–water partition coefficient (Wildman–Crippen LogP) is 3.65. The van der Waals surface area contributed by atoms with E-state index in [-0.39, 0.29) is 5.78 Å². The molecule has 4 rings (SSSR count). The number of carbonyl (C=O) groups excluding carboxylic acids is 1. The van der Waals surface area contributed by atoms with Crippen LogP contribution in [0.5, 0.6) is 0 Å². The van der Waals surface area contributed by atoms with Gasteiger partial charge in [0, 0.05) is 10.9 Å². The lowest BCUT2D eigenvalue weighted by atomic mass is 10.1. The lowest BCUT2D eigenvalue weighted by molar-refractivity contribution is 0.103. The average molecular weight is 299 g/mol. The van der Waals surface area contributed by atoms with Crippen molar-refractivity contribution in [2.75, 3.05) is 0 Å². The van der Waals surface area contributed by atoms with Gasteiger partial charge in [0.15, 0.2) is 0 Å². The fourth-order valence-electron chi connectivity index (χ4n) is 2.70. The largest absolute Gasteiger partial charge is 0.287 e. The first-order chi connectivity index (χ1) is 11.3. The summed E-state index contributed by atoms with van der Waals surface area (Å²) in [5.74, 6) is -0.0939. The summed E-state index contributed by atoms with van der Waals surface area (Å²) in [6.07, 6.45) is 1.51. The van der Waals surface area contributed by atoms with Crippen LogP contribution in [0.1, 0.15) is 16.1 Å². The summed E-state index contributed by atoms with van der Waals surface area (Å²) in [4.78, 5) is 12.7. The molecule has 0 N–H and O–H groups in total. The van der Waals surface area contributed by atoms with E-state index in [2.05, 4.69) is 10.3 Å². The molecule has 0 aliphatic carbocycles. The molecule has 0 unspecified atom stereocenters. The van der Waals surface area contributed by atoms with Gasteiger partial charge in [0.05, 0.1) is 11.9 Å². The summed E-state index contributed by atoms with van der Waals surface area (Å²) in [5.41, 5.74) is 1.92. The van der Waals surface area contributed by atoms with Crippen LogP contribution in [0.3, 0.4) is 0 Å². The topological polar surface area (TPSA) is 47.8 Å². The van der Waals surface area contributed by atoms with Gasteiger partial charge in [0.2, 0.25) is 5.78 Å². The van der Waals surface area contributed by atoms with Crippen molar-refractivity contribution in [3.8, 4) is 5.69 Å². The second-order valence-electron chi connectivity index (χ2n) is 5.22. The number of hydrogen-bond acceptors (Lipinski definition) is 3. The van der Waals surface area contributed by atoms with Gasteiger partial charge < -0.3 is 0 Å². The van der Waals surface area contributed by atoms with Gasteiger partial charge in [0.25, 0.3) is 0 Å². The molecule has 4 nitrogen and oxygen atoms in total. The van der Waals surface area contributed by atoms with Crippen molar-refractivity contribution in [1.29, 1.82) is 0 Å². The number of nitrogens with zero attached hydrogens (tertiary/aromatic N) is 3. The number of fused-ring (bicyclic) bond motifs is 1. The van der Waals surface area contributed by atoms with Gasteiger partial charge in [0.1, 0.15) is 5.69 Å². The third-order valence-corrected chi connectivity index (χ3v) is 3.81. The smallest absolute Gasteiger partial charge is 0.213 e. The Bertz CT molecular complexity index is 984. The highest BCUT2D eigenvalue weighted by atomic mass is 16.1. The Morgan fingerprint density at radius 1 is 0.826 bits per heavy atom. The summed E-state index contributed by atoms with van der Waals surface area (Å²) < 4.78 is 1.61. The molecule has 0 saturated heterocycles. The second kappa shape index (κ2) is 5.50. The van der Waals surface area contributed by atoms with Gasteiger partial charge in [-0.25, -0.2) is 4.68 Å². The van der Waals surface area contributed by atoms with Gasteiger partial charge in [-0.2, -0.15) is 0 Å². The maximum Gasteiger partial charge on any atom is 0.213 e. The summed E-state index contributed by atoms with van der Waals surface area (Å²) >= 11 is 0. The van der Waals surface area contributed by atoms with Crippen LogP contribution in [0.4, 0.5) is 0 Å². The first-order valence-corrected chi connectivity index (χ1v) is 7.33. The van der Waals surface area contributed by atoms with E-state index in [1.807, 2.05) is 60.7 Å². The predicted molar refractivity (Wildman–Crippen MR) is 88.7 cm³/mol. The zero-order valence-corrected chi connectivity index (χ0v) is 12.3. The number of hydrogen-bond donors (Lipinski definition) is 0. The van der Waals surface area contributed by atoms with Crippen LogP contribution >= 0.6 is 0 Å². The van der Waals surface area contributed by atoms with E-state index in [9.17, 15) is 4.79 Å². The third kappa shape index (κ3) is 2.30. The molecule has 4 aromatic rings. The molecule has 0 aliphatic rings. The highest BCUT2D eigenvalue weighted by molar-refractivity contribution is 6.08. The molecule has 0 bridgehead atoms. The molecule has 23 heavy (non-hydrogen) atoms. The molecule has 0 fully saturated rings. The van der Waals surface area contributed by atoms with E-state index in [4.69, 9.17) is 0 Å². The molecule has 0 saturated carbocycles. The van der Waals surface area contributed by atoms with E-state index in [1.54, 1.807) is 16.8 Å². The van der Waals surface area contributed by atoms with E-state index >= 15 is 0 Å². The van der Waals surface area contributed by atoms with E-state index in [1.165, 1.54) is 6.20 Å². The fraction of sp³-hybridized carbons (Fsp3) is 0. The van der Waals surface area contributed by atoms with Crippen LogP contribution in [-0.2, 0) is 0 Å². The number of aromatic nitrogens is 3. The number of ketones is 1. The van der Waals surface area contributed by atoms with Gasteiger partial charge in [-0.3, -0.25) is 4.79 Å². The summed E-state index contributed by atoms with van der Waals surface area (Å²) in [6, 6.07) is 23.1. The molecule has 1 aromatic heterocycles. The Balaban J connectivity index is 1.88. The molecular formula is C19H13N3O.